The lowest BCUT2D eigenvalue weighted by Gasteiger charge is -1.86. The number of nitrogens with zero attached hydrogens (tertiary/aromatic N) is 1. The highest BCUT2D eigenvalue weighted by atomic mass is 35.5. The Morgan fingerprint density at radius 2 is 2.40 bits per heavy atom. The summed E-state index contributed by atoms with van der Waals surface area (Å²) in [6.45, 7) is 0. The Morgan fingerprint density at radius 3 is 3.30 bits per heavy atom. The fraction of sp³-hybridized carbons (Fsp3) is 0. The van der Waals surface area contributed by atoms with Gasteiger partial charge >= 0.3 is 0 Å². The number of rotatable bonds is 0. The van der Waals surface area contributed by atoms with E-state index in [1.54, 1.807) is 0 Å². The molecule has 1 heterocycles. The fourth-order valence-corrected chi connectivity index (χ4v) is 1.54. The van der Waals surface area contributed by atoms with Crippen LogP contribution in [0.15, 0.2) is 18.2 Å². The highest BCUT2D eigenvalue weighted by molar-refractivity contribution is 7.16. The quantitative estimate of drug-likeness (QED) is 0.590. The summed E-state index contributed by atoms with van der Waals surface area (Å²) >= 11 is 7.23. The highest BCUT2D eigenvalue weighted by Crippen LogP contribution is 2.20. The molecule has 0 aliphatic heterocycles. The lowest BCUT2D eigenvalue weighted by molar-refractivity contribution is 1.48. The van der Waals surface area contributed by atoms with Gasteiger partial charge in [-0.15, -0.1) is 11.3 Å². The summed E-state index contributed by atoms with van der Waals surface area (Å²) < 4.78 is 1.13. The zero-order valence-electron chi connectivity index (χ0n) is 4.97. The molecule has 0 N–H and O–H groups in total. The number of benzene rings is 1. The number of thiazole rings is 1. The number of hydrogen-bond acceptors (Lipinski definition) is 2. The zero-order valence-corrected chi connectivity index (χ0v) is 6.54. The molecule has 49 valence electrons. The van der Waals surface area contributed by atoms with Gasteiger partial charge in [0.05, 0.1) is 10.2 Å². The van der Waals surface area contributed by atoms with Crippen LogP contribution in [0.2, 0.25) is 5.02 Å². The molecule has 0 atom stereocenters. The van der Waals surface area contributed by atoms with E-state index in [0.717, 1.165) is 15.2 Å². The Bertz CT molecular complexity index is 355. The Balaban J connectivity index is 2.86. The van der Waals surface area contributed by atoms with Crippen LogP contribution in [0.4, 0.5) is 0 Å². The van der Waals surface area contributed by atoms with E-state index in [4.69, 9.17) is 11.6 Å². The molecular weight excluding hydrogens is 166 g/mol. The fourth-order valence-electron chi connectivity index (χ4n) is 0.785. The third-order valence-electron chi connectivity index (χ3n) is 1.24. The van der Waals surface area contributed by atoms with Gasteiger partial charge in [-0.05, 0) is 18.2 Å². The van der Waals surface area contributed by atoms with Crippen molar-refractivity contribution in [3.8, 4) is 0 Å². The van der Waals surface area contributed by atoms with Gasteiger partial charge in [-0.1, -0.05) is 11.6 Å². The van der Waals surface area contributed by atoms with Gasteiger partial charge in [0.1, 0.15) is 0 Å². The average Bonchev–Trinajstić information content (AvgIpc) is 2.33. The Morgan fingerprint density at radius 1 is 1.50 bits per heavy atom. The number of halogens is 1. The normalized spacial score (nSPS) is 10.5. The van der Waals surface area contributed by atoms with Crippen LogP contribution < -0.4 is 0 Å². The van der Waals surface area contributed by atoms with Gasteiger partial charge in [0.2, 0.25) is 0 Å². The standard InChI is InChI=1S/C7H3ClNS/c8-5-1-2-7-6(3-5)9-4-10-7/h1-3H. The van der Waals surface area contributed by atoms with Crippen LogP contribution in [0.5, 0.6) is 0 Å². The van der Waals surface area contributed by atoms with Crippen LogP contribution in [-0.2, 0) is 0 Å². The van der Waals surface area contributed by atoms with Crippen LogP contribution in [0, 0.1) is 5.51 Å². The number of aromatic nitrogens is 1. The molecule has 0 fully saturated rings. The van der Waals surface area contributed by atoms with E-state index in [0.29, 0.717) is 0 Å². The van der Waals surface area contributed by atoms with Crippen LogP contribution in [0.1, 0.15) is 0 Å². The first-order chi connectivity index (χ1) is 4.86. The summed E-state index contributed by atoms with van der Waals surface area (Å²) in [5, 5.41) is 0.729. The van der Waals surface area contributed by atoms with Crippen molar-refractivity contribution in [3.05, 3.63) is 28.7 Å². The third kappa shape index (κ3) is 0.895. The van der Waals surface area contributed by atoms with E-state index >= 15 is 0 Å². The Labute approximate surface area is 67.3 Å². The number of fused-ring (bicyclic) bond motifs is 1. The minimum atomic E-state index is 0.729. The monoisotopic (exact) mass is 168 g/mol. The SMILES string of the molecule is Clc1ccc2s[c]nc2c1. The van der Waals surface area contributed by atoms with Crippen molar-refractivity contribution in [1.29, 1.82) is 0 Å². The lowest BCUT2D eigenvalue weighted by atomic mass is 10.3. The second-order valence-electron chi connectivity index (χ2n) is 1.92. The minimum Gasteiger partial charge on any atom is -0.233 e. The summed E-state index contributed by atoms with van der Waals surface area (Å²) in [6.07, 6.45) is 0. The first-order valence-electron chi connectivity index (χ1n) is 2.78. The smallest absolute Gasteiger partial charge is 0.153 e. The molecule has 0 unspecified atom stereocenters. The molecule has 2 rings (SSSR count). The van der Waals surface area contributed by atoms with Gasteiger partial charge in [0.25, 0.3) is 0 Å². The summed E-state index contributed by atoms with van der Waals surface area (Å²) in [4.78, 5) is 3.99. The van der Waals surface area contributed by atoms with Crippen molar-refractivity contribution < 1.29 is 0 Å². The molecule has 0 spiro atoms. The summed E-state index contributed by atoms with van der Waals surface area (Å²) in [5.41, 5.74) is 3.73. The maximum Gasteiger partial charge on any atom is 0.153 e. The van der Waals surface area contributed by atoms with Crippen LogP contribution in [0.25, 0.3) is 10.2 Å². The summed E-state index contributed by atoms with van der Waals surface area (Å²) in [6, 6.07) is 5.64. The molecule has 3 heteroatoms. The van der Waals surface area contributed by atoms with E-state index in [1.807, 2.05) is 18.2 Å². The van der Waals surface area contributed by atoms with E-state index in [1.165, 1.54) is 11.3 Å². The van der Waals surface area contributed by atoms with E-state index in [2.05, 4.69) is 10.5 Å². The maximum atomic E-state index is 5.73. The van der Waals surface area contributed by atoms with Gasteiger partial charge in [-0.2, -0.15) is 0 Å². The van der Waals surface area contributed by atoms with Gasteiger partial charge < -0.3 is 0 Å². The van der Waals surface area contributed by atoms with E-state index in [-0.39, 0.29) is 0 Å². The van der Waals surface area contributed by atoms with Crippen LogP contribution >= 0.6 is 22.9 Å². The van der Waals surface area contributed by atoms with Crippen LogP contribution in [0.3, 0.4) is 0 Å². The van der Waals surface area contributed by atoms with Gasteiger partial charge in [0.15, 0.2) is 5.51 Å². The highest BCUT2D eigenvalue weighted by Gasteiger charge is 1.95. The molecule has 2 aromatic rings. The molecule has 0 bridgehead atoms. The van der Waals surface area contributed by atoms with Crippen molar-refractivity contribution in [1.82, 2.24) is 4.98 Å². The lowest BCUT2D eigenvalue weighted by Crippen LogP contribution is -1.65. The van der Waals surface area contributed by atoms with E-state index < -0.39 is 0 Å². The Kier molecular flexibility index (Phi) is 1.36. The molecule has 0 saturated carbocycles. The maximum absolute atomic E-state index is 5.73. The predicted octanol–water partition coefficient (Wildman–Crippen LogP) is 2.75. The van der Waals surface area contributed by atoms with Gasteiger partial charge in [0, 0.05) is 5.02 Å². The van der Waals surface area contributed by atoms with Crippen molar-refractivity contribution >= 4 is 33.2 Å². The van der Waals surface area contributed by atoms with Crippen molar-refractivity contribution in [2.75, 3.05) is 0 Å². The molecule has 1 aromatic heterocycles. The third-order valence-corrected chi connectivity index (χ3v) is 2.23. The molecule has 0 amide bonds. The largest absolute Gasteiger partial charge is 0.233 e. The molecule has 0 aliphatic carbocycles. The Hall–Kier alpha value is -0.600. The van der Waals surface area contributed by atoms with Crippen LogP contribution in [-0.4, -0.2) is 4.98 Å². The van der Waals surface area contributed by atoms with Crippen molar-refractivity contribution in [3.63, 3.8) is 0 Å². The van der Waals surface area contributed by atoms with Crippen molar-refractivity contribution in [2.24, 2.45) is 0 Å². The predicted molar refractivity (Wildman–Crippen MR) is 43.5 cm³/mol. The summed E-state index contributed by atoms with van der Waals surface area (Å²) in [5.74, 6) is 0. The molecule has 10 heavy (non-hydrogen) atoms. The molecule has 1 nitrogen and oxygen atoms in total. The van der Waals surface area contributed by atoms with E-state index in [9.17, 15) is 0 Å². The number of hydrogen-bond donors (Lipinski definition) is 0. The molecule has 0 saturated heterocycles. The van der Waals surface area contributed by atoms with Crippen molar-refractivity contribution in [2.45, 2.75) is 0 Å². The molecule has 1 aromatic carbocycles. The summed E-state index contributed by atoms with van der Waals surface area (Å²) in [7, 11) is 0. The second kappa shape index (κ2) is 2.22. The average molecular weight is 169 g/mol. The first-order valence-corrected chi connectivity index (χ1v) is 3.98. The second-order valence-corrected chi connectivity index (χ2v) is 3.18. The zero-order chi connectivity index (χ0) is 6.97. The molecule has 1 radical (unpaired) electrons. The topological polar surface area (TPSA) is 12.9 Å². The minimum absolute atomic E-state index is 0.729. The first kappa shape index (κ1) is 6.13. The van der Waals surface area contributed by atoms with Gasteiger partial charge in [-0.25, -0.2) is 4.98 Å². The molecular formula is C7H3ClNS. The van der Waals surface area contributed by atoms with Gasteiger partial charge in [-0.3, -0.25) is 0 Å². The molecule has 0 aliphatic rings.